The van der Waals surface area contributed by atoms with Gasteiger partial charge in [0.05, 0.1) is 0 Å². The van der Waals surface area contributed by atoms with Crippen molar-refractivity contribution in [3.8, 4) is 0 Å². The minimum Gasteiger partial charge on any atom is -0.338 e. The van der Waals surface area contributed by atoms with Gasteiger partial charge in [0.2, 0.25) is 11.8 Å². The molecule has 4 rings (SSSR count). The summed E-state index contributed by atoms with van der Waals surface area (Å²) in [6.45, 7) is 3.27. The molecule has 1 heterocycles. The number of rotatable bonds is 6. The SMILES string of the molecule is CCC(=O)N1CCc2ccc(NC(=O)CC(c3ccccc3)c3ccccc3)cc2C1. The molecule has 158 valence electrons. The van der Waals surface area contributed by atoms with Gasteiger partial charge in [0.25, 0.3) is 0 Å². The topological polar surface area (TPSA) is 49.4 Å². The van der Waals surface area contributed by atoms with E-state index in [1.54, 1.807) is 0 Å². The van der Waals surface area contributed by atoms with Crippen LogP contribution in [-0.4, -0.2) is 23.3 Å². The zero-order valence-corrected chi connectivity index (χ0v) is 17.9. The van der Waals surface area contributed by atoms with Crippen molar-refractivity contribution in [1.29, 1.82) is 0 Å². The number of nitrogens with zero attached hydrogens (tertiary/aromatic N) is 1. The summed E-state index contributed by atoms with van der Waals surface area (Å²) in [6.07, 6.45) is 1.75. The van der Waals surface area contributed by atoms with Crippen molar-refractivity contribution in [3.05, 3.63) is 101 Å². The van der Waals surface area contributed by atoms with Crippen molar-refractivity contribution in [2.24, 2.45) is 0 Å². The molecule has 0 saturated carbocycles. The number of benzene rings is 3. The van der Waals surface area contributed by atoms with Crippen LogP contribution in [0.5, 0.6) is 0 Å². The monoisotopic (exact) mass is 412 g/mol. The molecule has 4 nitrogen and oxygen atoms in total. The molecule has 4 heteroatoms. The first-order chi connectivity index (χ1) is 15.1. The lowest BCUT2D eigenvalue weighted by molar-refractivity contribution is -0.131. The summed E-state index contributed by atoms with van der Waals surface area (Å²) in [6, 6.07) is 26.4. The number of hydrogen-bond acceptors (Lipinski definition) is 2. The van der Waals surface area contributed by atoms with E-state index in [9.17, 15) is 9.59 Å². The third-order valence-corrected chi connectivity index (χ3v) is 5.95. The molecular weight excluding hydrogens is 384 g/mol. The number of anilines is 1. The van der Waals surface area contributed by atoms with E-state index in [1.807, 2.05) is 60.4 Å². The van der Waals surface area contributed by atoms with Gasteiger partial charge in [0.15, 0.2) is 0 Å². The highest BCUT2D eigenvalue weighted by molar-refractivity contribution is 5.91. The Bertz CT molecular complexity index is 1010. The molecule has 3 aromatic carbocycles. The molecule has 1 aliphatic rings. The van der Waals surface area contributed by atoms with E-state index in [-0.39, 0.29) is 17.7 Å². The molecule has 0 aromatic heterocycles. The lowest BCUT2D eigenvalue weighted by Crippen LogP contribution is -2.35. The number of nitrogens with one attached hydrogen (secondary N) is 1. The van der Waals surface area contributed by atoms with Crippen LogP contribution < -0.4 is 5.32 Å². The average molecular weight is 413 g/mol. The molecule has 0 spiro atoms. The minimum atomic E-state index is -0.0186. The molecule has 31 heavy (non-hydrogen) atoms. The summed E-state index contributed by atoms with van der Waals surface area (Å²) in [5.41, 5.74) is 5.42. The fourth-order valence-electron chi connectivity index (χ4n) is 4.27. The van der Waals surface area contributed by atoms with Crippen molar-refractivity contribution in [1.82, 2.24) is 4.90 Å². The summed E-state index contributed by atoms with van der Waals surface area (Å²) in [4.78, 5) is 27.0. The quantitative estimate of drug-likeness (QED) is 0.609. The number of carbonyl (C=O) groups is 2. The highest BCUT2D eigenvalue weighted by Gasteiger charge is 2.21. The first-order valence-corrected chi connectivity index (χ1v) is 10.9. The maximum Gasteiger partial charge on any atom is 0.225 e. The van der Waals surface area contributed by atoms with Gasteiger partial charge >= 0.3 is 0 Å². The number of fused-ring (bicyclic) bond motifs is 1. The smallest absolute Gasteiger partial charge is 0.225 e. The van der Waals surface area contributed by atoms with Crippen molar-refractivity contribution >= 4 is 17.5 Å². The maximum atomic E-state index is 13.0. The van der Waals surface area contributed by atoms with E-state index in [0.717, 1.165) is 35.3 Å². The third kappa shape index (κ3) is 5.02. The van der Waals surface area contributed by atoms with E-state index in [0.29, 0.717) is 19.4 Å². The Kier molecular flexibility index (Phi) is 6.46. The van der Waals surface area contributed by atoms with Crippen LogP contribution in [0.15, 0.2) is 78.9 Å². The van der Waals surface area contributed by atoms with Crippen molar-refractivity contribution in [2.75, 3.05) is 11.9 Å². The molecule has 0 aliphatic carbocycles. The van der Waals surface area contributed by atoms with E-state index < -0.39 is 0 Å². The van der Waals surface area contributed by atoms with E-state index in [2.05, 4.69) is 35.6 Å². The van der Waals surface area contributed by atoms with Gasteiger partial charge in [-0.05, 0) is 40.8 Å². The van der Waals surface area contributed by atoms with Gasteiger partial charge in [0, 0.05) is 37.5 Å². The first kappa shape index (κ1) is 20.9. The maximum absolute atomic E-state index is 13.0. The molecule has 0 atom stereocenters. The molecule has 0 saturated heterocycles. The predicted octanol–water partition coefficient (Wildman–Crippen LogP) is 5.14. The summed E-state index contributed by atoms with van der Waals surface area (Å²) < 4.78 is 0. The number of amides is 2. The van der Waals surface area contributed by atoms with Crippen molar-refractivity contribution in [3.63, 3.8) is 0 Å². The zero-order valence-electron chi connectivity index (χ0n) is 17.9. The van der Waals surface area contributed by atoms with Gasteiger partial charge < -0.3 is 10.2 Å². The van der Waals surface area contributed by atoms with E-state index in [4.69, 9.17) is 0 Å². The fourth-order valence-corrected chi connectivity index (χ4v) is 4.27. The van der Waals surface area contributed by atoms with Crippen LogP contribution in [0, 0.1) is 0 Å². The molecule has 0 radical (unpaired) electrons. The lowest BCUT2D eigenvalue weighted by Gasteiger charge is -2.29. The number of carbonyl (C=O) groups excluding carboxylic acids is 2. The minimum absolute atomic E-state index is 0.00213. The Morgan fingerprint density at radius 1 is 0.903 bits per heavy atom. The first-order valence-electron chi connectivity index (χ1n) is 10.9. The molecule has 1 N–H and O–H groups in total. The van der Waals surface area contributed by atoms with Gasteiger partial charge in [0.1, 0.15) is 0 Å². The summed E-state index contributed by atoms with van der Waals surface area (Å²) in [5, 5.41) is 3.08. The zero-order chi connectivity index (χ0) is 21.6. The average Bonchev–Trinajstić information content (AvgIpc) is 2.82. The lowest BCUT2D eigenvalue weighted by atomic mass is 9.88. The van der Waals surface area contributed by atoms with Crippen molar-refractivity contribution < 1.29 is 9.59 Å². The van der Waals surface area contributed by atoms with Gasteiger partial charge in [-0.3, -0.25) is 9.59 Å². The Labute approximate surface area is 183 Å². The third-order valence-electron chi connectivity index (χ3n) is 5.95. The highest BCUT2D eigenvalue weighted by Crippen LogP contribution is 2.29. The molecule has 1 aliphatic heterocycles. The second-order valence-corrected chi connectivity index (χ2v) is 8.03. The Morgan fingerprint density at radius 2 is 1.55 bits per heavy atom. The number of hydrogen-bond donors (Lipinski definition) is 1. The Balaban J connectivity index is 1.49. The van der Waals surface area contributed by atoms with Crippen LogP contribution >= 0.6 is 0 Å². The predicted molar refractivity (Wildman–Crippen MR) is 124 cm³/mol. The van der Waals surface area contributed by atoms with Crippen LogP contribution in [-0.2, 0) is 22.6 Å². The van der Waals surface area contributed by atoms with Crippen LogP contribution in [0.3, 0.4) is 0 Å². The normalized spacial score (nSPS) is 13.0. The van der Waals surface area contributed by atoms with Gasteiger partial charge in [-0.15, -0.1) is 0 Å². The second kappa shape index (κ2) is 9.61. The van der Waals surface area contributed by atoms with Gasteiger partial charge in [-0.25, -0.2) is 0 Å². The second-order valence-electron chi connectivity index (χ2n) is 8.03. The molecule has 0 bridgehead atoms. The largest absolute Gasteiger partial charge is 0.338 e. The van der Waals surface area contributed by atoms with Gasteiger partial charge in [-0.1, -0.05) is 73.7 Å². The molecule has 0 fully saturated rings. The van der Waals surface area contributed by atoms with Crippen LogP contribution in [0.25, 0.3) is 0 Å². The Hall–Kier alpha value is -3.40. The molecule has 2 amide bonds. The van der Waals surface area contributed by atoms with E-state index >= 15 is 0 Å². The van der Waals surface area contributed by atoms with Crippen LogP contribution in [0.4, 0.5) is 5.69 Å². The standard InChI is InChI=1S/C27H28N2O2/c1-2-27(31)29-16-15-20-13-14-24(17-23(20)19-29)28-26(30)18-25(21-9-5-3-6-10-21)22-11-7-4-8-12-22/h3-14,17,25H,2,15-16,18-19H2,1H3,(H,28,30). The molecule has 0 unspecified atom stereocenters. The highest BCUT2D eigenvalue weighted by atomic mass is 16.2. The van der Waals surface area contributed by atoms with Crippen LogP contribution in [0.2, 0.25) is 0 Å². The van der Waals surface area contributed by atoms with Crippen LogP contribution in [0.1, 0.15) is 47.9 Å². The fraction of sp³-hybridized carbons (Fsp3) is 0.259. The molecular formula is C27H28N2O2. The molecule has 3 aromatic rings. The van der Waals surface area contributed by atoms with Gasteiger partial charge in [-0.2, -0.15) is 0 Å². The summed E-state index contributed by atoms with van der Waals surface area (Å²) in [7, 11) is 0. The Morgan fingerprint density at radius 3 is 2.16 bits per heavy atom. The summed E-state index contributed by atoms with van der Waals surface area (Å²) >= 11 is 0. The summed E-state index contributed by atoms with van der Waals surface area (Å²) in [5.74, 6) is 0.154. The van der Waals surface area contributed by atoms with E-state index in [1.165, 1.54) is 5.56 Å². The van der Waals surface area contributed by atoms with Crippen molar-refractivity contribution in [2.45, 2.75) is 38.6 Å².